The van der Waals surface area contributed by atoms with Crippen molar-refractivity contribution < 1.29 is 50.1 Å². The quantitative estimate of drug-likeness (QED) is 0.0802. The molecular weight excluding hydrogens is 1210 g/mol. The molecule has 8 nitrogen and oxygen atoms in total. The van der Waals surface area contributed by atoms with Crippen molar-refractivity contribution in [3.63, 3.8) is 0 Å². The van der Waals surface area contributed by atoms with Gasteiger partial charge in [-0.1, -0.05) is 121 Å². The van der Waals surface area contributed by atoms with Crippen molar-refractivity contribution in [2.24, 2.45) is 0 Å². The number of carbonyl (C=O) groups excluding carboxylic acids is 1. The zero-order chi connectivity index (χ0) is 46.0. The second kappa shape index (κ2) is 23.3. The zero-order valence-electron chi connectivity index (χ0n) is 37.4. The van der Waals surface area contributed by atoms with E-state index in [-0.39, 0.29) is 51.8 Å². The standard InChI is InChI=1S/C18H12N2.2C18H11N2.C5H8O2.2Ir/c3*1-2-7-14(8-3-1)18-19-12-16-15-9-5-4-6-13(15)10-11-17(16)20-18;1-4(6)3-5(2)7;;/h1-12H;2*1-7,9-12H;3,6H,1-2H3;;/q;2*-1;;;. The molecule has 10 heteroatoms. The van der Waals surface area contributed by atoms with Crippen LogP contribution < -0.4 is 0 Å². The number of allylic oxidation sites excluding steroid dienone is 2. The maximum Gasteiger partial charge on any atom is 0.159 e. The minimum atomic E-state index is -0.125. The summed E-state index contributed by atoms with van der Waals surface area (Å²) in [6.45, 7) is 2.85. The van der Waals surface area contributed by atoms with E-state index in [1.54, 1.807) is 0 Å². The van der Waals surface area contributed by atoms with E-state index < -0.39 is 0 Å². The number of ketones is 1. The molecule has 1 N–H and O–H groups in total. The largest absolute Gasteiger partial charge is 0.512 e. The molecule has 2 radical (unpaired) electrons. The van der Waals surface area contributed by atoms with Gasteiger partial charge in [-0.3, -0.25) is 24.7 Å². The Balaban J connectivity index is 0.000000141. The van der Waals surface area contributed by atoms with Gasteiger partial charge in [-0.25, -0.2) is 9.97 Å². The fraction of sp³-hybridized carbons (Fsp3) is 0.0339. The van der Waals surface area contributed by atoms with Crippen molar-refractivity contribution >= 4 is 70.8 Å². The van der Waals surface area contributed by atoms with Crippen LogP contribution in [0, 0.1) is 12.1 Å². The van der Waals surface area contributed by atoms with Crippen LogP contribution in [0.4, 0.5) is 0 Å². The molecule has 0 aliphatic heterocycles. The molecule has 0 fully saturated rings. The number of benzene rings is 9. The van der Waals surface area contributed by atoms with E-state index in [1.807, 2.05) is 146 Å². The molecule has 0 amide bonds. The summed E-state index contributed by atoms with van der Waals surface area (Å²) in [5.41, 5.74) is 5.79. The minimum absolute atomic E-state index is 0. The van der Waals surface area contributed by atoms with E-state index in [1.165, 1.54) is 52.2 Å². The molecule has 0 saturated carbocycles. The molecular formula is C59H42Ir2N6O2-2. The first kappa shape index (κ1) is 49.2. The van der Waals surface area contributed by atoms with Crippen LogP contribution in [0.1, 0.15) is 13.8 Å². The van der Waals surface area contributed by atoms with E-state index >= 15 is 0 Å². The number of rotatable bonds is 4. The third-order valence-corrected chi connectivity index (χ3v) is 10.8. The van der Waals surface area contributed by atoms with Crippen molar-refractivity contribution in [1.82, 2.24) is 29.9 Å². The molecule has 3 aromatic heterocycles. The Hall–Kier alpha value is -7.71. The van der Waals surface area contributed by atoms with Crippen molar-refractivity contribution in [2.75, 3.05) is 0 Å². The predicted molar refractivity (Wildman–Crippen MR) is 272 cm³/mol. The Kier molecular flexibility index (Phi) is 16.6. The topological polar surface area (TPSA) is 115 Å². The normalized spacial score (nSPS) is 10.7. The number of nitrogens with zero attached hydrogens (tertiary/aromatic N) is 6. The summed E-state index contributed by atoms with van der Waals surface area (Å²) in [5, 5.41) is 18.9. The van der Waals surface area contributed by atoms with Gasteiger partial charge in [0.05, 0.1) is 34.0 Å². The molecule has 0 saturated heterocycles. The van der Waals surface area contributed by atoms with Gasteiger partial charge in [-0.05, 0) is 64.4 Å². The van der Waals surface area contributed by atoms with Gasteiger partial charge in [-0.2, -0.15) is 0 Å². The summed E-state index contributed by atoms with van der Waals surface area (Å²) in [4.78, 5) is 37.5. The third kappa shape index (κ3) is 11.9. The first-order chi connectivity index (χ1) is 32.9. The molecule has 0 spiro atoms. The summed E-state index contributed by atoms with van der Waals surface area (Å²) in [5.74, 6) is 2.14. The maximum absolute atomic E-state index is 10.0. The number of aromatic nitrogens is 6. The van der Waals surface area contributed by atoms with E-state index in [9.17, 15) is 4.79 Å². The molecule has 340 valence electrons. The van der Waals surface area contributed by atoms with Crippen LogP contribution in [-0.4, -0.2) is 40.8 Å². The van der Waals surface area contributed by atoms with E-state index in [2.05, 4.69) is 103 Å². The van der Waals surface area contributed by atoms with Gasteiger partial charge in [0.25, 0.3) is 0 Å². The average Bonchev–Trinajstić information content (AvgIpc) is 3.39. The second-order valence-corrected chi connectivity index (χ2v) is 15.6. The van der Waals surface area contributed by atoms with E-state index in [4.69, 9.17) is 5.11 Å². The average molecular weight is 1250 g/mol. The SMILES string of the molecule is CC(=O)C=C(C)O.[Ir].[Ir].[c-]1ccccc1-c1ncc2c(ccc3ccccc32)n1.[c-]1ccccc1-c1ncc2c(ccc3ccccc32)n1.c1ccc(-c2ncc3c(ccc4ccccc43)n2)cc1. The van der Waals surface area contributed by atoms with E-state index in [0.717, 1.165) is 55.2 Å². The van der Waals surface area contributed by atoms with Gasteiger partial charge in [0, 0.05) is 86.6 Å². The summed E-state index contributed by atoms with van der Waals surface area (Å²) in [7, 11) is 0. The summed E-state index contributed by atoms with van der Waals surface area (Å²) in [6, 6.07) is 69.3. The molecule has 12 aromatic rings. The molecule has 0 unspecified atom stereocenters. The maximum atomic E-state index is 10.0. The molecule has 12 rings (SSSR count). The smallest absolute Gasteiger partial charge is 0.159 e. The molecule has 0 aliphatic rings. The first-order valence-electron chi connectivity index (χ1n) is 21.7. The minimum Gasteiger partial charge on any atom is -0.512 e. The Morgan fingerprint density at radius 2 is 0.783 bits per heavy atom. The van der Waals surface area contributed by atoms with Crippen molar-refractivity contribution in [3.8, 4) is 34.2 Å². The van der Waals surface area contributed by atoms with Crippen LogP contribution >= 0.6 is 0 Å². The Morgan fingerprint density at radius 1 is 0.420 bits per heavy atom. The zero-order valence-corrected chi connectivity index (χ0v) is 42.2. The fourth-order valence-corrected chi connectivity index (χ4v) is 7.70. The molecule has 0 aliphatic carbocycles. The summed E-state index contributed by atoms with van der Waals surface area (Å²) in [6.07, 6.45) is 6.90. The fourth-order valence-electron chi connectivity index (χ4n) is 7.70. The number of aliphatic hydroxyl groups excluding tert-OH is 1. The van der Waals surface area contributed by atoms with Crippen LogP contribution in [0.15, 0.2) is 218 Å². The monoisotopic (exact) mass is 1250 g/mol. The summed E-state index contributed by atoms with van der Waals surface area (Å²) >= 11 is 0. The van der Waals surface area contributed by atoms with Gasteiger partial charge >= 0.3 is 0 Å². The van der Waals surface area contributed by atoms with Crippen LogP contribution in [0.5, 0.6) is 0 Å². The van der Waals surface area contributed by atoms with Gasteiger partial charge in [0.1, 0.15) is 0 Å². The van der Waals surface area contributed by atoms with Crippen molar-refractivity contribution in [1.29, 1.82) is 0 Å². The van der Waals surface area contributed by atoms with Crippen molar-refractivity contribution in [2.45, 2.75) is 13.8 Å². The molecule has 0 bridgehead atoms. The Morgan fingerprint density at radius 3 is 1.14 bits per heavy atom. The second-order valence-electron chi connectivity index (χ2n) is 15.6. The van der Waals surface area contributed by atoms with Gasteiger partial charge in [-0.15, -0.1) is 71.8 Å². The van der Waals surface area contributed by atoms with Gasteiger partial charge in [0.2, 0.25) is 0 Å². The first-order valence-corrected chi connectivity index (χ1v) is 21.7. The molecule has 69 heavy (non-hydrogen) atoms. The van der Waals surface area contributed by atoms with Crippen LogP contribution in [0.3, 0.4) is 0 Å². The van der Waals surface area contributed by atoms with Crippen molar-refractivity contribution in [3.05, 3.63) is 231 Å². The number of hydrogen-bond donors (Lipinski definition) is 1. The Labute approximate surface area is 426 Å². The summed E-state index contributed by atoms with van der Waals surface area (Å²) < 4.78 is 0. The van der Waals surface area contributed by atoms with Gasteiger partial charge < -0.3 is 5.11 Å². The van der Waals surface area contributed by atoms with Crippen LogP contribution in [-0.2, 0) is 45.0 Å². The number of hydrogen-bond acceptors (Lipinski definition) is 8. The molecule has 9 aromatic carbocycles. The molecule has 3 heterocycles. The number of carbonyl (C=O) groups is 1. The number of aliphatic hydroxyl groups is 1. The Bertz CT molecular complexity index is 3340. The van der Waals surface area contributed by atoms with Crippen LogP contribution in [0.2, 0.25) is 0 Å². The number of fused-ring (bicyclic) bond motifs is 9. The van der Waals surface area contributed by atoms with E-state index in [0.29, 0.717) is 11.6 Å². The third-order valence-electron chi connectivity index (χ3n) is 10.8. The van der Waals surface area contributed by atoms with Gasteiger partial charge in [0.15, 0.2) is 11.6 Å². The van der Waals surface area contributed by atoms with Crippen LogP contribution in [0.25, 0.3) is 99.2 Å². The predicted octanol–water partition coefficient (Wildman–Crippen LogP) is 14.0. The molecule has 0 atom stereocenters.